The normalized spacial score (nSPS) is 10.2. The van der Waals surface area contributed by atoms with E-state index in [1.165, 1.54) is 4.88 Å². The van der Waals surface area contributed by atoms with E-state index in [0.29, 0.717) is 4.99 Å². The molecule has 0 saturated carbocycles. The Morgan fingerprint density at radius 2 is 2.29 bits per heavy atom. The molecule has 0 spiro atoms. The first-order chi connectivity index (χ1) is 8.15. The second kappa shape index (κ2) is 5.57. The summed E-state index contributed by atoms with van der Waals surface area (Å²) in [6.45, 7) is 0.740. The van der Waals surface area contributed by atoms with Crippen molar-refractivity contribution in [2.75, 3.05) is 5.32 Å². The lowest BCUT2D eigenvalue weighted by Gasteiger charge is -2.05. The van der Waals surface area contributed by atoms with E-state index in [9.17, 15) is 0 Å². The van der Waals surface area contributed by atoms with Crippen LogP contribution in [-0.2, 0) is 6.54 Å². The van der Waals surface area contributed by atoms with Crippen LogP contribution >= 0.6 is 39.5 Å². The largest absolute Gasteiger partial charge is 0.389 e. The maximum atomic E-state index is 5.56. The van der Waals surface area contributed by atoms with E-state index in [1.54, 1.807) is 23.6 Å². The Morgan fingerprint density at radius 3 is 2.94 bits per heavy atom. The van der Waals surface area contributed by atoms with Crippen LogP contribution in [0, 0.1) is 0 Å². The number of thiophene rings is 1. The number of nitrogens with zero attached hydrogens (tertiary/aromatic N) is 1. The molecule has 88 valence electrons. The third kappa shape index (κ3) is 3.49. The summed E-state index contributed by atoms with van der Waals surface area (Å²) in [6, 6.07) is 7.75. The molecule has 17 heavy (non-hydrogen) atoms. The van der Waals surface area contributed by atoms with Crippen molar-refractivity contribution in [3.63, 3.8) is 0 Å². The molecule has 0 amide bonds. The molecule has 3 N–H and O–H groups in total. The van der Waals surface area contributed by atoms with Gasteiger partial charge < -0.3 is 11.1 Å². The van der Waals surface area contributed by atoms with Gasteiger partial charge in [0.25, 0.3) is 0 Å². The molecule has 0 unspecified atom stereocenters. The SMILES string of the molecule is NC(=S)c1ccnc(NCc2ccc(Br)s2)c1. The Bertz CT molecular complexity index is 539. The first kappa shape index (κ1) is 12.5. The van der Waals surface area contributed by atoms with Crippen LogP contribution < -0.4 is 11.1 Å². The molecule has 2 aromatic heterocycles. The Balaban J connectivity index is 2.04. The summed E-state index contributed by atoms with van der Waals surface area (Å²) in [5, 5.41) is 3.23. The highest BCUT2D eigenvalue weighted by atomic mass is 79.9. The van der Waals surface area contributed by atoms with Crippen molar-refractivity contribution in [1.29, 1.82) is 0 Å². The Morgan fingerprint density at radius 1 is 1.47 bits per heavy atom. The van der Waals surface area contributed by atoms with Crippen molar-refractivity contribution in [3.8, 4) is 0 Å². The lowest BCUT2D eigenvalue weighted by molar-refractivity contribution is 1.14. The maximum absolute atomic E-state index is 5.56. The predicted octanol–water partition coefficient (Wildman–Crippen LogP) is 3.15. The predicted molar refractivity (Wildman–Crippen MR) is 79.5 cm³/mol. The number of aromatic nitrogens is 1. The zero-order valence-electron chi connectivity index (χ0n) is 8.81. The van der Waals surface area contributed by atoms with Gasteiger partial charge in [0.1, 0.15) is 10.8 Å². The molecule has 2 heterocycles. The van der Waals surface area contributed by atoms with Crippen molar-refractivity contribution in [2.24, 2.45) is 5.73 Å². The van der Waals surface area contributed by atoms with Crippen LogP contribution in [0.4, 0.5) is 5.82 Å². The van der Waals surface area contributed by atoms with E-state index < -0.39 is 0 Å². The summed E-state index contributed by atoms with van der Waals surface area (Å²) < 4.78 is 1.12. The van der Waals surface area contributed by atoms with Crippen LogP contribution in [-0.4, -0.2) is 9.97 Å². The third-order valence-electron chi connectivity index (χ3n) is 2.12. The third-order valence-corrected chi connectivity index (χ3v) is 3.98. The van der Waals surface area contributed by atoms with E-state index in [4.69, 9.17) is 18.0 Å². The topological polar surface area (TPSA) is 50.9 Å². The molecule has 0 aliphatic carbocycles. The lowest BCUT2D eigenvalue weighted by Crippen LogP contribution is -2.10. The molecule has 0 atom stereocenters. The molecular weight excluding hydrogens is 318 g/mol. The number of hydrogen-bond donors (Lipinski definition) is 2. The minimum Gasteiger partial charge on any atom is -0.389 e. The van der Waals surface area contributed by atoms with E-state index in [2.05, 4.69) is 32.3 Å². The van der Waals surface area contributed by atoms with Crippen molar-refractivity contribution in [2.45, 2.75) is 6.54 Å². The first-order valence-corrected chi connectivity index (χ1v) is 6.91. The minimum absolute atomic E-state index is 0.384. The highest BCUT2D eigenvalue weighted by molar-refractivity contribution is 9.11. The van der Waals surface area contributed by atoms with Crippen LogP contribution in [0.25, 0.3) is 0 Å². The van der Waals surface area contributed by atoms with Gasteiger partial charge in [-0.25, -0.2) is 4.98 Å². The first-order valence-electron chi connectivity index (χ1n) is 4.89. The molecule has 0 saturated heterocycles. The molecular formula is C11H10BrN3S2. The second-order valence-electron chi connectivity index (χ2n) is 3.35. The number of nitrogens with one attached hydrogen (secondary N) is 1. The molecule has 0 aliphatic rings. The van der Waals surface area contributed by atoms with Crippen LogP contribution in [0.2, 0.25) is 0 Å². The van der Waals surface area contributed by atoms with Gasteiger partial charge in [-0.1, -0.05) is 12.2 Å². The second-order valence-corrected chi connectivity index (χ2v) is 6.34. The standard InChI is InChI=1S/C11H10BrN3S2/c12-9-2-1-8(17-9)6-15-10-5-7(11(13)16)3-4-14-10/h1-5H,6H2,(H2,13,16)(H,14,15). The summed E-state index contributed by atoms with van der Waals surface area (Å²) in [5.74, 6) is 0.778. The maximum Gasteiger partial charge on any atom is 0.126 e. The smallest absolute Gasteiger partial charge is 0.126 e. The Labute approximate surface area is 117 Å². The zero-order valence-corrected chi connectivity index (χ0v) is 12.0. The molecule has 0 bridgehead atoms. The number of thiocarbonyl (C=S) groups is 1. The average Bonchev–Trinajstić information content (AvgIpc) is 2.73. The molecule has 6 heteroatoms. The van der Waals surface area contributed by atoms with Crippen molar-refractivity contribution in [3.05, 3.63) is 44.7 Å². The van der Waals surface area contributed by atoms with Crippen LogP contribution in [0.1, 0.15) is 10.4 Å². The molecule has 0 radical (unpaired) electrons. The molecule has 0 aromatic carbocycles. The summed E-state index contributed by atoms with van der Waals surface area (Å²) in [7, 11) is 0. The van der Waals surface area contributed by atoms with Gasteiger partial charge in [0, 0.05) is 16.6 Å². The van der Waals surface area contributed by atoms with Crippen molar-refractivity contribution < 1.29 is 0 Å². The van der Waals surface area contributed by atoms with Gasteiger partial charge in [0.2, 0.25) is 0 Å². The van der Waals surface area contributed by atoms with Gasteiger partial charge in [-0.3, -0.25) is 0 Å². The molecule has 0 fully saturated rings. The van der Waals surface area contributed by atoms with Gasteiger partial charge in [-0.15, -0.1) is 11.3 Å². The number of anilines is 1. The number of hydrogen-bond acceptors (Lipinski definition) is 4. The highest BCUT2D eigenvalue weighted by Crippen LogP contribution is 2.22. The lowest BCUT2D eigenvalue weighted by atomic mass is 10.2. The van der Waals surface area contributed by atoms with Crippen LogP contribution in [0.15, 0.2) is 34.2 Å². The van der Waals surface area contributed by atoms with E-state index >= 15 is 0 Å². The molecule has 2 rings (SSSR count). The fraction of sp³-hybridized carbons (Fsp3) is 0.0909. The summed E-state index contributed by atoms with van der Waals surface area (Å²) >= 11 is 10.0. The van der Waals surface area contributed by atoms with Gasteiger partial charge in [-0.05, 0) is 40.2 Å². The van der Waals surface area contributed by atoms with E-state index in [0.717, 1.165) is 21.7 Å². The Hall–Kier alpha value is -0.980. The van der Waals surface area contributed by atoms with Gasteiger partial charge in [-0.2, -0.15) is 0 Å². The zero-order chi connectivity index (χ0) is 12.3. The summed E-state index contributed by atoms with van der Waals surface area (Å²) in [6.07, 6.45) is 1.70. The van der Waals surface area contributed by atoms with E-state index in [1.807, 2.05) is 12.1 Å². The number of rotatable bonds is 4. The van der Waals surface area contributed by atoms with Crippen LogP contribution in [0.5, 0.6) is 0 Å². The summed E-state index contributed by atoms with van der Waals surface area (Å²) in [4.78, 5) is 5.83. The van der Waals surface area contributed by atoms with Gasteiger partial charge in [0.05, 0.1) is 10.3 Å². The molecule has 3 nitrogen and oxygen atoms in total. The molecule has 0 aliphatic heterocycles. The average molecular weight is 328 g/mol. The highest BCUT2D eigenvalue weighted by Gasteiger charge is 2.01. The fourth-order valence-corrected chi connectivity index (χ4v) is 2.85. The quantitative estimate of drug-likeness (QED) is 0.847. The van der Waals surface area contributed by atoms with Gasteiger partial charge in [0.15, 0.2) is 0 Å². The van der Waals surface area contributed by atoms with Crippen LogP contribution in [0.3, 0.4) is 0 Å². The molecule has 2 aromatic rings. The monoisotopic (exact) mass is 327 g/mol. The minimum atomic E-state index is 0.384. The number of pyridine rings is 1. The van der Waals surface area contributed by atoms with Crippen molar-refractivity contribution in [1.82, 2.24) is 4.98 Å². The number of nitrogens with two attached hydrogens (primary N) is 1. The van der Waals surface area contributed by atoms with Gasteiger partial charge >= 0.3 is 0 Å². The van der Waals surface area contributed by atoms with E-state index in [-0.39, 0.29) is 0 Å². The van der Waals surface area contributed by atoms with Crippen molar-refractivity contribution >= 4 is 50.3 Å². The fourth-order valence-electron chi connectivity index (χ4n) is 1.30. The number of halogens is 1. The Kier molecular flexibility index (Phi) is 4.09. The summed E-state index contributed by atoms with van der Waals surface area (Å²) in [5.41, 5.74) is 6.39.